The van der Waals surface area contributed by atoms with Gasteiger partial charge in [0, 0.05) is 0 Å². The minimum atomic E-state index is -0.912. The normalized spacial score (nSPS) is 15.2. The molecule has 0 N–H and O–H groups in total. The topological polar surface area (TPSA) is 81.7 Å². The fraction of sp³-hybridized carbons (Fsp3) is 0.667. The van der Waals surface area contributed by atoms with Crippen LogP contribution >= 0.6 is 0 Å². The predicted octanol–water partition coefficient (Wildman–Crippen LogP) is 9.12. The second-order valence-electron chi connectivity index (χ2n) is 12.4. The summed E-state index contributed by atoms with van der Waals surface area (Å²) in [5.41, 5.74) is -0.912. The number of fused-ring (bicyclic) bond motifs is 2. The van der Waals surface area contributed by atoms with Crippen molar-refractivity contribution in [3.8, 4) is 23.0 Å². The number of carbonyl (C=O) groups is 1. The van der Waals surface area contributed by atoms with Gasteiger partial charge < -0.3 is 33.2 Å². The Hall–Kier alpha value is -2.97. The Morgan fingerprint density at radius 3 is 1.47 bits per heavy atom. The molecule has 0 bridgehead atoms. The van der Waals surface area contributed by atoms with E-state index < -0.39 is 11.6 Å². The Labute approximate surface area is 283 Å². The monoisotopic (exact) mass is 656 g/mol. The number of carbonyl (C=O) groups excluding carboxylic acids is 1. The number of benzene rings is 2. The number of rotatable bonds is 19. The van der Waals surface area contributed by atoms with Gasteiger partial charge >= 0.3 is 5.97 Å². The maximum absolute atomic E-state index is 12.5. The van der Waals surface area contributed by atoms with Gasteiger partial charge in [0.1, 0.15) is 38.6 Å². The van der Waals surface area contributed by atoms with Crippen LogP contribution in [0.2, 0.25) is 0 Å². The fourth-order valence-corrected chi connectivity index (χ4v) is 5.72. The smallest absolute Gasteiger partial charge is 0.332 e. The minimum Gasteiger partial charge on any atom is -0.487 e. The van der Waals surface area contributed by atoms with Crippen LogP contribution in [0.1, 0.15) is 110 Å². The summed E-state index contributed by atoms with van der Waals surface area (Å²) < 4.78 is 42.1. The highest BCUT2D eigenvalue weighted by Crippen LogP contribution is 2.32. The second kappa shape index (κ2) is 24.2. The SMILES string of the molecule is CCCCCCCCCCCCCCCCC1(OCC(=O)OCC)COc2ccccc2OCCOCCOc2ccccc2OC1. The van der Waals surface area contributed by atoms with Crippen LogP contribution in [0.15, 0.2) is 48.5 Å². The molecule has 0 unspecified atom stereocenters. The summed E-state index contributed by atoms with van der Waals surface area (Å²) in [4.78, 5) is 12.5. The van der Waals surface area contributed by atoms with Gasteiger partial charge in [0.15, 0.2) is 23.0 Å². The van der Waals surface area contributed by atoms with E-state index in [2.05, 4.69) is 6.92 Å². The molecular formula is C39H60O8. The first-order valence-electron chi connectivity index (χ1n) is 18.2. The van der Waals surface area contributed by atoms with Crippen molar-refractivity contribution < 1.29 is 38.0 Å². The van der Waals surface area contributed by atoms with E-state index in [0.29, 0.717) is 62.5 Å². The molecule has 8 heteroatoms. The van der Waals surface area contributed by atoms with E-state index in [4.69, 9.17) is 33.2 Å². The maximum Gasteiger partial charge on any atom is 0.332 e. The van der Waals surface area contributed by atoms with Crippen molar-refractivity contribution in [2.24, 2.45) is 0 Å². The average molecular weight is 657 g/mol. The zero-order valence-electron chi connectivity index (χ0n) is 29.1. The third kappa shape index (κ3) is 16.1. The van der Waals surface area contributed by atoms with Gasteiger partial charge in [-0.25, -0.2) is 4.79 Å². The largest absolute Gasteiger partial charge is 0.487 e. The third-order valence-electron chi connectivity index (χ3n) is 8.44. The van der Waals surface area contributed by atoms with Crippen molar-refractivity contribution in [2.75, 3.05) is 52.9 Å². The summed E-state index contributed by atoms with van der Waals surface area (Å²) in [6.45, 7) is 6.10. The van der Waals surface area contributed by atoms with Gasteiger partial charge in [0.2, 0.25) is 0 Å². The van der Waals surface area contributed by atoms with Crippen LogP contribution in [0, 0.1) is 0 Å². The molecule has 1 aliphatic rings. The van der Waals surface area contributed by atoms with Crippen LogP contribution in [-0.2, 0) is 19.0 Å². The molecule has 0 saturated carbocycles. The quantitative estimate of drug-likeness (QED) is 0.109. The van der Waals surface area contributed by atoms with Crippen LogP contribution in [-0.4, -0.2) is 64.4 Å². The number of unbranched alkanes of at least 4 members (excludes halogenated alkanes) is 13. The van der Waals surface area contributed by atoms with Crippen molar-refractivity contribution in [1.82, 2.24) is 0 Å². The number of hydrogen-bond donors (Lipinski definition) is 0. The molecule has 0 amide bonds. The van der Waals surface area contributed by atoms with Crippen molar-refractivity contribution >= 4 is 5.97 Å². The number of esters is 1. The molecular weight excluding hydrogens is 596 g/mol. The summed E-state index contributed by atoms with van der Waals surface area (Å²) >= 11 is 0. The highest BCUT2D eigenvalue weighted by molar-refractivity contribution is 5.70. The van der Waals surface area contributed by atoms with E-state index >= 15 is 0 Å². The minimum absolute atomic E-state index is 0.171. The average Bonchev–Trinajstić information content (AvgIpc) is 3.09. The molecule has 0 fully saturated rings. The molecule has 0 atom stereocenters. The summed E-state index contributed by atoms with van der Waals surface area (Å²) in [7, 11) is 0. The number of ether oxygens (including phenoxy) is 7. The molecule has 1 aliphatic heterocycles. The molecule has 0 saturated heterocycles. The molecule has 2 aromatic carbocycles. The van der Waals surface area contributed by atoms with Crippen LogP contribution in [0.3, 0.4) is 0 Å². The number of para-hydroxylation sites is 4. The Kier molecular flexibility index (Phi) is 19.8. The van der Waals surface area contributed by atoms with E-state index in [0.717, 1.165) is 12.8 Å². The van der Waals surface area contributed by atoms with E-state index in [1.165, 1.54) is 77.0 Å². The molecule has 1 heterocycles. The second-order valence-corrected chi connectivity index (χ2v) is 12.4. The van der Waals surface area contributed by atoms with Gasteiger partial charge in [-0.2, -0.15) is 0 Å². The molecule has 2 aromatic rings. The summed E-state index contributed by atoms with van der Waals surface area (Å²) in [6, 6.07) is 15.2. The Balaban J connectivity index is 1.63. The third-order valence-corrected chi connectivity index (χ3v) is 8.44. The lowest BCUT2D eigenvalue weighted by atomic mass is 9.96. The van der Waals surface area contributed by atoms with Gasteiger partial charge in [0.05, 0.1) is 19.8 Å². The van der Waals surface area contributed by atoms with Crippen LogP contribution in [0.25, 0.3) is 0 Å². The lowest BCUT2D eigenvalue weighted by molar-refractivity contribution is -0.162. The molecule has 0 radical (unpaired) electrons. The van der Waals surface area contributed by atoms with E-state index in [1.807, 2.05) is 48.5 Å². The lowest BCUT2D eigenvalue weighted by Crippen LogP contribution is -2.46. The summed E-state index contributed by atoms with van der Waals surface area (Å²) in [6.07, 6.45) is 18.6. The zero-order chi connectivity index (χ0) is 33.3. The van der Waals surface area contributed by atoms with Crippen molar-refractivity contribution in [1.29, 1.82) is 0 Å². The zero-order valence-corrected chi connectivity index (χ0v) is 29.1. The van der Waals surface area contributed by atoms with Gasteiger partial charge in [-0.1, -0.05) is 121 Å². The van der Waals surface area contributed by atoms with Crippen molar-refractivity contribution in [3.05, 3.63) is 48.5 Å². The van der Waals surface area contributed by atoms with E-state index in [1.54, 1.807) is 6.92 Å². The van der Waals surface area contributed by atoms with Crippen molar-refractivity contribution in [3.63, 3.8) is 0 Å². The van der Waals surface area contributed by atoms with Gasteiger partial charge in [0.25, 0.3) is 0 Å². The van der Waals surface area contributed by atoms with Gasteiger partial charge in [-0.3, -0.25) is 0 Å². The van der Waals surface area contributed by atoms with Crippen molar-refractivity contribution in [2.45, 2.75) is 116 Å². The fourth-order valence-electron chi connectivity index (χ4n) is 5.72. The standard InChI is InChI=1S/C39H60O8/c1-3-5-6-7-8-9-10-11-12-13-14-15-16-21-26-39(47-31-38(40)42-4-2)32-45-36-24-19-17-22-34(36)43-29-27-41-28-30-44-35-23-18-20-25-37(35)46-33-39/h17-20,22-25H,3-16,21,26-33H2,1-2H3. The van der Waals surface area contributed by atoms with Crippen LogP contribution in [0.5, 0.6) is 23.0 Å². The van der Waals surface area contributed by atoms with Crippen LogP contribution in [0.4, 0.5) is 0 Å². The molecule has 0 aliphatic carbocycles. The first kappa shape index (κ1) is 38.5. The highest BCUT2D eigenvalue weighted by atomic mass is 16.6. The number of hydrogen-bond acceptors (Lipinski definition) is 8. The Morgan fingerprint density at radius 2 is 1.02 bits per heavy atom. The lowest BCUT2D eigenvalue weighted by Gasteiger charge is -2.34. The molecule has 3 rings (SSSR count). The Bertz CT molecular complexity index is 1030. The molecule has 0 aromatic heterocycles. The molecule has 0 spiro atoms. The molecule has 47 heavy (non-hydrogen) atoms. The molecule has 264 valence electrons. The first-order chi connectivity index (χ1) is 23.2. The van der Waals surface area contributed by atoms with Gasteiger partial charge in [-0.05, 0) is 37.6 Å². The predicted molar refractivity (Wildman–Crippen MR) is 186 cm³/mol. The van der Waals surface area contributed by atoms with Gasteiger partial charge in [-0.15, -0.1) is 0 Å². The first-order valence-corrected chi connectivity index (χ1v) is 18.2. The highest BCUT2D eigenvalue weighted by Gasteiger charge is 2.35. The van der Waals surface area contributed by atoms with E-state index in [9.17, 15) is 4.79 Å². The maximum atomic E-state index is 12.5. The van der Waals surface area contributed by atoms with Crippen LogP contribution < -0.4 is 18.9 Å². The summed E-state index contributed by atoms with van der Waals surface area (Å²) in [5.74, 6) is 2.05. The van der Waals surface area contributed by atoms with E-state index in [-0.39, 0.29) is 19.8 Å². The summed E-state index contributed by atoms with van der Waals surface area (Å²) in [5, 5.41) is 0. The molecule has 8 nitrogen and oxygen atoms in total. The Morgan fingerprint density at radius 1 is 0.596 bits per heavy atom.